The molecule has 1 saturated heterocycles. The maximum atomic E-state index is 6.54. The first-order valence-corrected chi connectivity index (χ1v) is 8.50. The van der Waals surface area contributed by atoms with Gasteiger partial charge in [0.15, 0.2) is 0 Å². The first-order chi connectivity index (χ1) is 9.06. The molecule has 1 aromatic heterocycles. The van der Waals surface area contributed by atoms with Crippen LogP contribution in [0.4, 0.5) is 0 Å². The van der Waals surface area contributed by atoms with E-state index in [9.17, 15) is 0 Å². The summed E-state index contributed by atoms with van der Waals surface area (Å²) in [5.41, 5.74) is 6.60. The maximum Gasteiger partial charge on any atom is 0.0701 e. The van der Waals surface area contributed by atoms with Gasteiger partial charge in [0.1, 0.15) is 0 Å². The summed E-state index contributed by atoms with van der Waals surface area (Å²) < 4.78 is 6.63. The van der Waals surface area contributed by atoms with Crippen molar-refractivity contribution in [2.45, 2.75) is 38.3 Å². The van der Waals surface area contributed by atoms with Gasteiger partial charge in [0.2, 0.25) is 0 Å². The van der Waals surface area contributed by atoms with E-state index in [0.717, 1.165) is 39.1 Å². The lowest BCUT2D eigenvalue weighted by Crippen LogP contribution is -2.61. The van der Waals surface area contributed by atoms with E-state index in [1.165, 1.54) is 8.66 Å². The Morgan fingerprint density at radius 3 is 2.68 bits per heavy atom. The van der Waals surface area contributed by atoms with Crippen molar-refractivity contribution >= 4 is 27.3 Å². The van der Waals surface area contributed by atoms with Gasteiger partial charge in [-0.2, -0.15) is 0 Å². The van der Waals surface area contributed by atoms with Crippen molar-refractivity contribution in [3.63, 3.8) is 0 Å². The normalized spacial score (nSPS) is 22.1. The Labute approximate surface area is 128 Å². The van der Waals surface area contributed by atoms with Gasteiger partial charge < -0.3 is 10.5 Å². The van der Waals surface area contributed by atoms with E-state index in [1.807, 2.05) is 0 Å². The van der Waals surface area contributed by atoms with Crippen LogP contribution in [0, 0.1) is 0 Å². The zero-order valence-corrected chi connectivity index (χ0v) is 14.1. The van der Waals surface area contributed by atoms with Gasteiger partial charge in [0, 0.05) is 29.5 Å². The molecule has 0 amide bonds. The molecule has 0 saturated carbocycles. The second kappa shape index (κ2) is 6.68. The highest BCUT2D eigenvalue weighted by Gasteiger charge is 2.37. The third-order valence-corrected chi connectivity index (χ3v) is 5.94. The fraction of sp³-hybridized carbons (Fsp3) is 0.714. The number of hydrogen-bond donors (Lipinski definition) is 1. The Bertz CT molecular complexity index is 406. The number of morpholine rings is 1. The first-order valence-electron chi connectivity index (χ1n) is 6.89. The molecular formula is C14H23BrN2OS. The molecule has 1 aliphatic rings. The van der Waals surface area contributed by atoms with Crippen molar-refractivity contribution in [1.29, 1.82) is 0 Å². The molecule has 1 aliphatic heterocycles. The highest BCUT2D eigenvalue weighted by atomic mass is 79.9. The molecule has 1 aromatic rings. The highest BCUT2D eigenvalue weighted by Crippen LogP contribution is 2.29. The summed E-state index contributed by atoms with van der Waals surface area (Å²) >= 11 is 5.30. The lowest BCUT2D eigenvalue weighted by atomic mass is 9.85. The van der Waals surface area contributed by atoms with Crippen LogP contribution in [0.15, 0.2) is 15.9 Å². The van der Waals surface area contributed by atoms with Crippen molar-refractivity contribution in [2.24, 2.45) is 5.73 Å². The average molecular weight is 347 g/mol. The standard InChI is InChI=1S/C14H23BrN2OS/c1-3-14(2,17-6-8-18-9-7-17)12(16)10-11-4-5-13(15)19-11/h4-5,12H,3,6-10,16H2,1-2H3. The van der Waals surface area contributed by atoms with Crippen molar-refractivity contribution in [3.8, 4) is 0 Å². The second-order valence-corrected chi connectivity index (χ2v) is 7.87. The summed E-state index contributed by atoms with van der Waals surface area (Å²) in [5, 5.41) is 0. The van der Waals surface area contributed by atoms with E-state index in [-0.39, 0.29) is 11.6 Å². The largest absolute Gasteiger partial charge is 0.379 e. The predicted octanol–water partition coefficient (Wildman–Crippen LogP) is 2.88. The van der Waals surface area contributed by atoms with Crippen molar-refractivity contribution in [2.75, 3.05) is 26.3 Å². The van der Waals surface area contributed by atoms with E-state index in [1.54, 1.807) is 11.3 Å². The Hall–Kier alpha value is 0.0600. The number of ether oxygens (including phenoxy) is 1. The van der Waals surface area contributed by atoms with Crippen LogP contribution in [-0.4, -0.2) is 42.8 Å². The average Bonchev–Trinajstić information content (AvgIpc) is 2.84. The summed E-state index contributed by atoms with van der Waals surface area (Å²) in [6, 6.07) is 4.43. The molecule has 0 aromatic carbocycles. The van der Waals surface area contributed by atoms with E-state index >= 15 is 0 Å². The van der Waals surface area contributed by atoms with Crippen LogP contribution < -0.4 is 5.73 Å². The van der Waals surface area contributed by atoms with Crippen molar-refractivity contribution in [1.82, 2.24) is 4.90 Å². The van der Waals surface area contributed by atoms with Crippen LogP contribution in [0.25, 0.3) is 0 Å². The molecule has 19 heavy (non-hydrogen) atoms. The molecule has 2 heterocycles. The molecule has 0 spiro atoms. The second-order valence-electron chi connectivity index (χ2n) is 5.33. The molecule has 0 bridgehead atoms. The van der Waals surface area contributed by atoms with Crippen molar-refractivity contribution in [3.05, 3.63) is 20.8 Å². The van der Waals surface area contributed by atoms with Gasteiger partial charge in [0.25, 0.3) is 0 Å². The topological polar surface area (TPSA) is 38.5 Å². The minimum absolute atomic E-state index is 0.0558. The Balaban J connectivity index is 2.06. The number of nitrogens with two attached hydrogens (primary N) is 1. The molecule has 2 unspecified atom stereocenters. The summed E-state index contributed by atoms with van der Waals surface area (Å²) in [6.45, 7) is 8.17. The summed E-state index contributed by atoms with van der Waals surface area (Å²) in [6.07, 6.45) is 2.01. The summed E-state index contributed by atoms with van der Waals surface area (Å²) in [5.74, 6) is 0. The molecule has 2 atom stereocenters. The number of hydrogen-bond acceptors (Lipinski definition) is 4. The minimum Gasteiger partial charge on any atom is -0.379 e. The van der Waals surface area contributed by atoms with Gasteiger partial charge in [-0.1, -0.05) is 6.92 Å². The van der Waals surface area contributed by atoms with E-state index in [2.05, 4.69) is 46.8 Å². The fourth-order valence-electron chi connectivity index (χ4n) is 2.69. The minimum atomic E-state index is 0.0558. The smallest absolute Gasteiger partial charge is 0.0701 e. The van der Waals surface area contributed by atoms with Crippen LogP contribution in [0.2, 0.25) is 0 Å². The van der Waals surface area contributed by atoms with E-state index in [4.69, 9.17) is 10.5 Å². The van der Waals surface area contributed by atoms with Crippen LogP contribution >= 0.6 is 27.3 Å². The maximum absolute atomic E-state index is 6.54. The SMILES string of the molecule is CCC(C)(C(N)Cc1ccc(Br)s1)N1CCOCC1. The van der Waals surface area contributed by atoms with Gasteiger partial charge in [-0.3, -0.25) is 4.90 Å². The highest BCUT2D eigenvalue weighted by molar-refractivity contribution is 9.11. The zero-order chi connectivity index (χ0) is 13.9. The third kappa shape index (κ3) is 3.58. The summed E-state index contributed by atoms with van der Waals surface area (Å²) in [4.78, 5) is 3.86. The molecule has 1 fully saturated rings. The monoisotopic (exact) mass is 346 g/mol. The lowest BCUT2D eigenvalue weighted by molar-refractivity contribution is -0.0271. The Morgan fingerprint density at radius 1 is 1.47 bits per heavy atom. The number of thiophene rings is 1. The van der Waals surface area contributed by atoms with Gasteiger partial charge in [-0.25, -0.2) is 0 Å². The molecular weight excluding hydrogens is 324 g/mol. The van der Waals surface area contributed by atoms with Gasteiger partial charge in [0.05, 0.1) is 17.0 Å². The zero-order valence-electron chi connectivity index (χ0n) is 11.7. The number of nitrogens with zero attached hydrogens (tertiary/aromatic N) is 1. The lowest BCUT2D eigenvalue weighted by Gasteiger charge is -2.46. The number of rotatable bonds is 5. The van der Waals surface area contributed by atoms with E-state index < -0.39 is 0 Å². The molecule has 2 N–H and O–H groups in total. The molecule has 108 valence electrons. The fourth-order valence-corrected chi connectivity index (χ4v) is 4.23. The number of halogens is 1. The molecule has 0 aliphatic carbocycles. The van der Waals surface area contributed by atoms with Crippen molar-refractivity contribution < 1.29 is 4.74 Å². The summed E-state index contributed by atoms with van der Waals surface area (Å²) in [7, 11) is 0. The van der Waals surface area contributed by atoms with Crippen LogP contribution in [0.1, 0.15) is 25.1 Å². The van der Waals surface area contributed by atoms with E-state index in [0.29, 0.717) is 0 Å². The molecule has 0 radical (unpaired) electrons. The predicted molar refractivity (Wildman–Crippen MR) is 84.8 cm³/mol. The van der Waals surface area contributed by atoms with Crippen LogP contribution in [0.3, 0.4) is 0 Å². The van der Waals surface area contributed by atoms with Crippen LogP contribution in [0.5, 0.6) is 0 Å². The van der Waals surface area contributed by atoms with Gasteiger partial charge in [-0.15, -0.1) is 11.3 Å². The Kier molecular flexibility index (Phi) is 5.43. The van der Waals surface area contributed by atoms with Gasteiger partial charge >= 0.3 is 0 Å². The molecule has 5 heteroatoms. The molecule has 3 nitrogen and oxygen atoms in total. The first kappa shape index (κ1) is 15.4. The molecule has 2 rings (SSSR count). The van der Waals surface area contributed by atoms with Gasteiger partial charge in [-0.05, 0) is 47.8 Å². The quantitative estimate of drug-likeness (QED) is 0.890. The van der Waals surface area contributed by atoms with Crippen LogP contribution in [-0.2, 0) is 11.2 Å². The third-order valence-electron chi connectivity index (χ3n) is 4.30. The Morgan fingerprint density at radius 2 is 2.16 bits per heavy atom.